The molecule has 0 spiro atoms. The van der Waals surface area contributed by atoms with Gasteiger partial charge in [0.25, 0.3) is 0 Å². The molecule has 0 unspecified atom stereocenters. The molecule has 5 aromatic rings. The lowest BCUT2D eigenvalue weighted by Crippen LogP contribution is -2.05. The summed E-state index contributed by atoms with van der Waals surface area (Å²) in [6.07, 6.45) is 5.23. The van der Waals surface area contributed by atoms with E-state index in [9.17, 15) is 4.79 Å². The Morgan fingerprint density at radius 3 is 2.56 bits per heavy atom. The number of aromatic nitrogens is 2. The van der Waals surface area contributed by atoms with Gasteiger partial charge >= 0.3 is 0 Å². The molecule has 154 valence electrons. The summed E-state index contributed by atoms with van der Waals surface area (Å²) in [4.78, 5) is 22.5. The van der Waals surface area contributed by atoms with Crippen molar-refractivity contribution in [1.29, 1.82) is 0 Å². The van der Waals surface area contributed by atoms with E-state index in [1.807, 2.05) is 91.9 Å². The largest absolute Gasteiger partial charge is 0.289 e. The summed E-state index contributed by atoms with van der Waals surface area (Å²) < 4.78 is 0. The van der Waals surface area contributed by atoms with Crippen molar-refractivity contribution in [1.82, 2.24) is 9.97 Å². The van der Waals surface area contributed by atoms with Gasteiger partial charge in [0.2, 0.25) is 0 Å². The van der Waals surface area contributed by atoms with Gasteiger partial charge in [-0.25, -0.2) is 0 Å². The minimum atomic E-state index is -0.0954. The SMILES string of the molecule is Cc1nc2ccc(Cl)cc2c(-c2ccccc2)c1C(=O)C=Cc1ccc2ncccc2c1. The second-order valence-corrected chi connectivity index (χ2v) is 8.06. The van der Waals surface area contributed by atoms with Crippen molar-refractivity contribution in [2.75, 3.05) is 0 Å². The summed E-state index contributed by atoms with van der Waals surface area (Å²) in [6.45, 7) is 1.88. The Kier molecular flexibility index (Phi) is 5.26. The van der Waals surface area contributed by atoms with Crippen molar-refractivity contribution in [2.24, 2.45) is 0 Å². The third-order valence-corrected chi connectivity index (χ3v) is 5.73. The number of rotatable bonds is 4. The molecule has 0 atom stereocenters. The lowest BCUT2D eigenvalue weighted by atomic mass is 9.92. The molecule has 3 nitrogen and oxygen atoms in total. The van der Waals surface area contributed by atoms with Gasteiger partial charge in [0.15, 0.2) is 5.78 Å². The average molecular weight is 435 g/mol. The molecule has 0 N–H and O–H groups in total. The number of carbonyl (C=O) groups is 1. The summed E-state index contributed by atoms with van der Waals surface area (Å²) in [5.74, 6) is -0.0954. The predicted molar refractivity (Wildman–Crippen MR) is 132 cm³/mol. The number of halogens is 1. The molecule has 0 saturated carbocycles. The van der Waals surface area contributed by atoms with Crippen molar-refractivity contribution < 1.29 is 4.79 Å². The Balaban J connectivity index is 1.64. The average Bonchev–Trinajstić information content (AvgIpc) is 2.82. The molecular weight excluding hydrogens is 416 g/mol. The number of benzene rings is 3. The van der Waals surface area contributed by atoms with E-state index in [4.69, 9.17) is 16.6 Å². The van der Waals surface area contributed by atoms with Crippen molar-refractivity contribution in [3.63, 3.8) is 0 Å². The summed E-state index contributed by atoms with van der Waals surface area (Å²) in [7, 11) is 0. The molecule has 0 aliphatic rings. The quantitative estimate of drug-likeness (QED) is 0.220. The van der Waals surface area contributed by atoms with Gasteiger partial charge in [-0.2, -0.15) is 0 Å². The maximum absolute atomic E-state index is 13.5. The monoisotopic (exact) mass is 434 g/mol. The van der Waals surface area contributed by atoms with E-state index in [0.717, 1.165) is 38.5 Å². The van der Waals surface area contributed by atoms with Crippen LogP contribution in [0.1, 0.15) is 21.6 Å². The molecule has 0 aliphatic carbocycles. The highest BCUT2D eigenvalue weighted by molar-refractivity contribution is 6.31. The number of pyridine rings is 2. The molecule has 0 bridgehead atoms. The fourth-order valence-corrected chi connectivity index (χ4v) is 4.19. The van der Waals surface area contributed by atoms with Gasteiger partial charge in [0.05, 0.1) is 16.6 Å². The number of aryl methyl sites for hydroxylation is 1. The Morgan fingerprint density at radius 2 is 1.72 bits per heavy atom. The number of hydrogen-bond donors (Lipinski definition) is 0. The van der Waals surface area contributed by atoms with E-state index in [1.54, 1.807) is 12.3 Å². The van der Waals surface area contributed by atoms with Gasteiger partial charge in [0.1, 0.15) is 0 Å². The van der Waals surface area contributed by atoms with Crippen molar-refractivity contribution in [2.45, 2.75) is 6.92 Å². The van der Waals surface area contributed by atoms with E-state index in [1.165, 1.54) is 0 Å². The van der Waals surface area contributed by atoms with Crippen LogP contribution in [0.3, 0.4) is 0 Å². The van der Waals surface area contributed by atoms with Crippen LogP contribution in [0.2, 0.25) is 5.02 Å². The van der Waals surface area contributed by atoms with Gasteiger partial charge in [-0.3, -0.25) is 14.8 Å². The van der Waals surface area contributed by atoms with Gasteiger partial charge < -0.3 is 0 Å². The lowest BCUT2D eigenvalue weighted by Gasteiger charge is -2.14. The minimum absolute atomic E-state index is 0.0954. The van der Waals surface area contributed by atoms with Crippen LogP contribution in [-0.4, -0.2) is 15.8 Å². The third kappa shape index (κ3) is 3.79. The molecule has 32 heavy (non-hydrogen) atoms. The van der Waals surface area contributed by atoms with Crippen LogP contribution < -0.4 is 0 Å². The Morgan fingerprint density at radius 1 is 0.906 bits per heavy atom. The second kappa shape index (κ2) is 8.37. The van der Waals surface area contributed by atoms with Gasteiger partial charge in [-0.15, -0.1) is 0 Å². The van der Waals surface area contributed by atoms with Crippen LogP contribution in [0.5, 0.6) is 0 Å². The summed E-state index contributed by atoms with van der Waals surface area (Å²) in [6, 6.07) is 25.4. The minimum Gasteiger partial charge on any atom is -0.289 e. The van der Waals surface area contributed by atoms with Crippen LogP contribution in [0, 0.1) is 6.92 Å². The van der Waals surface area contributed by atoms with E-state index >= 15 is 0 Å². The topological polar surface area (TPSA) is 42.9 Å². The van der Waals surface area contributed by atoms with E-state index in [0.29, 0.717) is 16.3 Å². The van der Waals surface area contributed by atoms with Gasteiger partial charge in [-0.05, 0) is 60.5 Å². The molecule has 0 radical (unpaired) electrons. The molecule has 2 aromatic heterocycles. The number of ketones is 1. The summed E-state index contributed by atoms with van der Waals surface area (Å²) in [5, 5.41) is 2.51. The number of hydrogen-bond acceptors (Lipinski definition) is 3. The van der Waals surface area contributed by atoms with Crippen LogP contribution in [-0.2, 0) is 0 Å². The zero-order valence-corrected chi connectivity index (χ0v) is 18.2. The zero-order valence-electron chi connectivity index (χ0n) is 17.4. The Hall–Kier alpha value is -3.82. The highest BCUT2D eigenvalue weighted by atomic mass is 35.5. The maximum Gasteiger partial charge on any atom is 0.188 e. The molecule has 0 saturated heterocycles. The van der Waals surface area contributed by atoms with Crippen LogP contribution in [0.15, 0.2) is 91.1 Å². The highest BCUT2D eigenvalue weighted by Gasteiger charge is 2.19. The number of allylic oxidation sites excluding steroid dienone is 1. The molecular formula is C28H19ClN2O. The normalized spacial score (nSPS) is 11.4. The number of carbonyl (C=O) groups excluding carboxylic acids is 1. The third-order valence-electron chi connectivity index (χ3n) is 5.49. The Labute approximate surface area is 191 Å². The van der Waals surface area contributed by atoms with Crippen LogP contribution in [0.4, 0.5) is 0 Å². The molecule has 4 heteroatoms. The van der Waals surface area contributed by atoms with E-state index in [2.05, 4.69) is 4.98 Å². The predicted octanol–water partition coefficient (Wildman–Crippen LogP) is 7.31. The second-order valence-electron chi connectivity index (χ2n) is 7.63. The first-order valence-electron chi connectivity index (χ1n) is 10.3. The molecule has 2 heterocycles. The van der Waals surface area contributed by atoms with Gasteiger partial charge in [0, 0.05) is 33.2 Å². The fraction of sp³-hybridized carbons (Fsp3) is 0.0357. The van der Waals surface area contributed by atoms with Crippen molar-refractivity contribution >= 4 is 45.3 Å². The molecule has 5 rings (SSSR count). The first-order valence-corrected chi connectivity index (χ1v) is 10.7. The van der Waals surface area contributed by atoms with E-state index < -0.39 is 0 Å². The zero-order chi connectivity index (χ0) is 22.1. The molecule has 0 aliphatic heterocycles. The van der Waals surface area contributed by atoms with Gasteiger partial charge in [-0.1, -0.05) is 60.1 Å². The number of fused-ring (bicyclic) bond motifs is 2. The van der Waals surface area contributed by atoms with Crippen LogP contribution >= 0.6 is 11.6 Å². The fourth-order valence-electron chi connectivity index (χ4n) is 4.02. The standard InChI is InChI=1S/C28H19ClN2O/c1-18-27(26(32)14-10-19-9-12-24-21(16-19)8-5-15-30-24)28(20-6-3-2-4-7-20)23-17-22(29)11-13-25(23)31-18/h2-17H,1H3. The summed E-state index contributed by atoms with van der Waals surface area (Å²) >= 11 is 6.31. The first-order chi connectivity index (χ1) is 15.6. The Bertz CT molecular complexity index is 1510. The van der Waals surface area contributed by atoms with Crippen molar-refractivity contribution in [3.05, 3.63) is 113 Å². The lowest BCUT2D eigenvalue weighted by molar-refractivity contribution is 0.104. The molecule has 0 amide bonds. The smallest absolute Gasteiger partial charge is 0.188 e. The molecule has 0 fully saturated rings. The maximum atomic E-state index is 13.5. The highest BCUT2D eigenvalue weighted by Crippen LogP contribution is 2.35. The van der Waals surface area contributed by atoms with Crippen LogP contribution in [0.25, 0.3) is 39.0 Å². The number of nitrogens with zero attached hydrogens (tertiary/aromatic N) is 2. The van der Waals surface area contributed by atoms with E-state index in [-0.39, 0.29) is 5.78 Å². The summed E-state index contributed by atoms with van der Waals surface area (Å²) in [5.41, 5.74) is 5.77. The van der Waals surface area contributed by atoms with Crippen molar-refractivity contribution in [3.8, 4) is 11.1 Å². The first kappa shape index (κ1) is 20.1. The molecule has 3 aromatic carbocycles.